The van der Waals surface area contributed by atoms with Gasteiger partial charge in [-0.1, -0.05) is 6.07 Å². The highest BCUT2D eigenvalue weighted by Gasteiger charge is 2.38. The average Bonchev–Trinajstić information content (AvgIpc) is 3.40. The summed E-state index contributed by atoms with van der Waals surface area (Å²) in [5, 5.41) is 2.61. The second-order valence-electron chi connectivity index (χ2n) is 8.71. The zero-order valence-corrected chi connectivity index (χ0v) is 17.4. The van der Waals surface area contributed by atoms with Gasteiger partial charge >= 0.3 is 0 Å². The molecule has 1 unspecified atom stereocenters. The molecule has 0 aromatic heterocycles. The number of aryl methyl sites for hydroxylation is 1. The number of rotatable bonds is 4. The topological polar surface area (TPSA) is 69.7 Å². The Morgan fingerprint density at radius 3 is 2.65 bits per heavy atom. The van der Waals surface area contributed by atoms with Gasteiger partial charge in [0.1, 0.15) is 5.82 Å². The molecule has 0 bridgehead atoms. The monoisotopic (exact) mass is 421 g/mol. The van der Waals surface area contributed by atoms with Gasteiger partial charge in [0.15, 0.2) is 0 Å². The Kier molecular flexibility index (Phi) is 4.76. The Morgan fingerprint density at radius 1 is 1.10 bits per heavy atom. The molecule has 3 amide bonds. The zero-order chi connectivity index (χ0) is 21.7. The van der Waals surface area contributed by atoms with Gasteiger partial charge in [-0.25, -0.2) is 4.39 Å². The number of hydrogen-bond donors (Lipinski definition) is 1. The fourth-order valence-electron chi connectivity index (χ4n) is 4.42. The normalized spacial score (nSPS) is 20.2. The third-order valence-electron chi connectivity index (χ3n) is 6.34. The number of carbonyl (C=O) groups is 3. The minimum atomic E-state index is -0.547. The predicted octanol–water partition coefficient (Wildman–Crippen LogP) is 3.42. The zero-order valence-electron chi connectivity index (χ0n) is 17.4. The van der Waals surface area contributed by atoms with E-state index in [-0.39, 0.29) is 42.3 Å². The Morgan fingerprint density at radius 2 is 1.90 bits per heavy atom. The van der Waals surface area contributed by atoms with Crippen molar-refractivity contribution in [2.75, 3.05) is 28.2 Å². The first-order valence-electron chi connectivity index (χ1n) is 10.7. The van der Waals surface area contributed by atoms with Crippen LogP contribution in [0.4, 0.5) is 21.5 Å². The first-order chi connectivity index (χ1) is 14.9. The molecule has 1 aliphatic carbocycles. The Hall–Kier alpha value is -3.22. The third kappa shape index (κ3) is 3.69. The molecule has 1 atom stereocenters. The third-order valence-corrected chi connectivity index (χ3v) is 6.34. The molecule has 160 valence electrons. The van der Waals surface area contributed by atoms with E-state index < -0.39 is 11.7 Å². The highest BCUT2D eigenvalue weighted by molar-refractivity contribution is 6.04. The van der Waals surface area contributed by atoms with Crippen molar-refractivity contribution in [3.63, 3.8) is 0 Å². The SMILES string of the molecule is Cc1ccc(NC(=O)C2CC(=O)N(c3ccc4c(c3)CCN4C(=O)C3CC3)C2)c(F)c1. The summed E-state index contributed by atoms with van der Waals surface area (Å²) in [6, 6.07) is 10.3. The first kappa shape index (κ1) is 19.7. The minimum absolute atomic E-state index is 0.0860. The molecule has 2 fully saturated rings. The maximum Gasteiger partial charge on any atom is 0.230 e. The molecule has 1 N–H and O–H groups in total. The Balaban J connectivity index is 1.29. The van der Waals surface area contributed by atoms with Crippen molar-refractivity contribution in [2.45, 2.75) is 32.6 Å². The molecule has 5 rings (SSSR count). The molecule has 31 heavy (non-hydrogen) atoms. The number of benzene rings is 2. The largest absolute Gasteiger partial charge is 0.323 e. The van der Waals surface area contributed by atoms with Crippen molar-refractivity contribution in [2.24, 2.45) is 11.8 Å². The van der Waals surface area contributed by atoms with Crippen molar-refractivity contribution < 1.29 is 18.8 Å². The van der Waals surface area contributed by atoms with Crippen molar-refractivity contribution in [1.82, 2.24) is 0 Å². The lowest BCUT2D eigenvalue weighted by atomic mass is 10.1. The number of amides is 3. The lowest BCUT2D eigenvalue weighted by molar-refractivity contribution is -0.122. The predicted molar refractivity (Wildman–Crippen MR) is 115 cm³/mol. The molecule has 2 aromatic rings. The van der Waals surface area contributed by atoms with Crippen LogP contribution in [0.5, 0.6) is 0 Å². The van der Waals surface area contributed by atoms with Gasteiger partial charge in [-0.3, -0.25) is 14.4 Å². The van der Waals surface area contributed by atoms with Gasteiger partial charge in [-0.2, -0.15) is 0 Å². The second kappa shape index (κ2) is 7.48. The number of nitrogens with one attached hydrogen (secondary N) is 1. The number of hydrogen-bond acceptors (Lipinski definition) is 3. The van der Waals surface area contributed by atoms with Gasteiger partial charge in [0.2, 0.25) is 17.7 Å². The van der Waals surface area contributed by atoms with Crippen molar-refractivity contribution in [3.05, 3.63) is 53.3 Å². The lowest BCUT2D eigenvalue weighted by Crippen LogP contribution is -2.30. The van der Waals surface area contributed by atoms with Crippen LogP contribution >= 0.6 is 0 Å². The quantitative estimate of drug-likeness (QED) is 0.822. The molecule has 0 radical (unpaired) electrons. The Bertz CT molecular complexity index is 1100. The lowest BCUT2D eigenvalue weighted by Gasteiger charge is -2.20. The molecule has 2 heterocycles. The summed E-state index contributed by atoms with van der Waals surface area (Å²) in [5.41, 5.74) is 3.61. The van der Waals surface area contributed by atoms with E-state index in [0.717, 1.165) is 41.8 Å². The van der Waals surface area contributed by atoms with Crippen LogP contribution in [-0.4, -0.2) is 30.8 Å². The summed E-state index contributed by atoms with van der Waals surface area (Å²) in [6.07, 6.45) is 2.80. The molecular formula is C24H24FN3O3. The summed E-state index contributed by atoms with van der Waals surface area (Å²) in [4.78, 5) is 41.2. The highest BCUT2D eigenvalue weighted by Crippen LogP contribution is 2.38. The van der Waals surface area contributed by atoms with E-state index in [1.54, 1.807) is 17.9 Å². The number of fused-ring (bicyclic) bond motifs is 1. The van der Waals surface area contributed by atoms with Gasteiger partial charge in [-0.15, -0.1) is 0 Å². The molecule has 3 aliphatic rings. The molecule has 2 aromatic carbocycles. The van der Waals surface area contributed by atoms with Crippen LogP contribution < -0.4 is 15.1 Å². The van der Waals surface area contributed by atoms with Crippen LogP contribution in [0.1, 0.15) is 30.4 Å². The van der Waals surface area contributed by atoms with Crippen molar-refractivity contribution in [1.29, 1.82) is 0 Å². The molecule has 1 saturated heterocycles. The highest BCUT2D eigenvalue weighted by atomic mass is 19.1. The first-order valence-corrected chi connectivity index (χ1v) is 10.7. The van der Waals surface area contributed by atoms with Crippen molar-refractivity contribution >= 4 is 34.8 Å². The van der Waals surface area contributed by atoms with Crippen LogP contribution in [0.2, 0.25) is 0 Å². The van der Waals surface area contributed by atoms with Crippen LogP contribution in [0.25, 0.3) is 0 Å². The summed E-state index contributed by atoms with van der Waals surface area (Å²) < 4.78 is 14.1. The standard InChI is InChI=1S/C24H24FN3O3/c1-14-2-6-20(19(25)10-14)26-23(30)17-12-22(29)28(13-17)18-5-7-21-16(11-18)8-9-27(21)24(31)15-3-4-15/h2,5-7,10-11,15,17H,3-4,8-9,12-13H2,1H3,(H,26,30). The summed E-state index contributed by atoms with van der Waals surface area (Å²) in [6.45, 7) is 2.71. The molecule has 7 heteroatoms. The smallest absolute Gasteiger partial charge is 0.230 e. The number of anilines is 3. The summed E-state index contributed by atoms with van der Waals surface area (Å²) >= 11 is 0. The van der Waals surface area contributed by atoms with Gasteiger partial charge < -0.3 is 15.1 Å². The van der Waals surface area contributed by atoms with Gasteiger partial charge in [0.05, 0.1) is 11.6 Å². The van der Waals surface area contributed by atoms with E-state index in [9.17, 15) is 18.8 Å². The maximum atomic E-state index is 14.1. The second-order valence-corrected chi connectivity index (χ2v) is 8.71. The van der Waals surface area contributed by atoms with E-state index in [1.165, 1.54) is 12.1 Å². The van der Waals surface area contributed by atoms with Gasteiger partial charge in [0, 0.05) is 36.8 Å². The van der Waals surface area contributed by atoms with E-state index in [0.29, 0.717) is 6.54 Å². The number of nitrogens with zero attached hydrogens (tertiary/aromatic N) is 2. The fourth-order valence-corrected chi connectivity index (χ4v) is 4.42. The molecule has 6 nitrogen and oxygen atoms in total. The van der Waals surface area contributed by atoms with Gasteiger partial charge in [0.25, 0.3) is 0 Å². The van der Waals surface area contributed by atoms with E-state index in [1.807, 2.05) is 23.1 Å². The molecule has 0 spiro atoms. The van der Waals surface area contributed by atoms with E-state index in [2.05, 4.69) is 5.32 Å². The van der Waals surface area contributed by atoms with E-state index in [4.69, 9.17) is 0 Å². The average molecular weight is 421 g/mol. The summed E-state index contributed by atoms with van der Waals surface area (Å²) in [7, 11) is 0. The van der Waals surface area contributed by atoms with Gasteiger partial charge in [-0.05, 0) is 67.6 Å². The molecule has 2 aliphatic heterocycles. The van der Waals surface area contributed by atoms with E-state index >= 15 is 0 Å². The number of carbonyl (C=O) groups excluding carboxylic acids is 3. The molecular weight excluding hydrogens is 397 g/mol. The van der Waals surface area contributed by atoms with Crippen LogP contribution in [0.15, 0.2) is 36.4 Å². The van der Waals surface area contributed by atoms with Crippen LogP contribution in [-0.2, 0) is 20.8 Å². The fraction of sp³-hybridized carbons (Fsp3) is 0.375. The minimum Gasteiger partial charge on any atom is -0.323 e. The molecule has 1 saturated carbocycles. The summed E-state index contributed by atoms with van der Waals surface area (Å²) in [5.74, 6) is -1.16. The maximum absolute atomic E-state index is 14.1. The number of halogens is 1. The van der Waals surface area contributed by atoms with Crippen LogP contribution in [0.3, 0.4) is 0 Å². The van der Waals surface area contributed by atoms with Crippen molar-refractivity contribution in [3.8, 4) is 0 Å². The van der Waals surface area contributed by atoms with Crippen LogP contribution in [0, 0.1) is 24.6 Å². The Labute approximate surface area is 180 Å².